The van der Waals surface area contributed by atoms with E-state index in [1.165, 1.54) is 5.69 Å². The topological polar surface area (TPSA) is 78.2 Å². The maximum atomic E-state index is 13.0. The molecule has 2 fully saturated rings. The molecule has 202 valence electrons. The van der Waals surface area contributed by atoms with Crippen LogP contribution in [0.15, 0.2) is 66.9 Å². The molecule has 1 N–H and O–H groups in total. The van der Waals surface area contributed by atoms with Gasteiger partial charge in [-0.3, -0.25) is 4.79 Å². The van der Waals surface area contributed by atoms with E-state index in [0.29, 0.717) is 11.9 Å². The first-order chi connectivity index (χ1) is 19.1. The number of rotatable bonds is 6. The highest BCUT2D eigenvalue weighted by Crippen LogP contribution is 2.31. The van der Waals surface area contributed by atoms with Crippen LogP contribution in [0.5, 0.6) is 5.75 Å². The van der Waals surface area contributed by atoms with Crippen molar-refractivity contribution in [3.63, 3.8) is 0 Å². The van der Waals surface area contributed by atoms with Gasteiger partial charge in [0.15, 0.2) is 0 Å². The number of fused-ring (bicyclic) bond motifs is 1. The molecule has 0 unspecified atom stereocenters. The van der Waals surface area contributed by atoms with Crippen LogP contribution in [-0.4, -0.2) is 83.7 Å². The molecular weight excluding hydrogens is 490 g/mol. The van der Waals surface area contributed by atoms with Crippen molar-refractivity contribution < 1.29 is 9.53 Å². The first-order valence-electron chi connectivity index (χ1n) is 13.7. The minimum Gasteiger partial charge on any atom is -0.496 e. The fourth-order valence-electron chi connectivity index (χ4n) is 5.57. The number of nitrogens with zero attached hydrogens (tertiary/aromatic N) is 6. The molecule has 9 nitrogen and oxygen atoms in total. The average Bonchev–Trinajstić information content (AvgIpc) is 3.41. The number of para-hydroxylation sites is 1. The number of methoxy groups -OCH3 is 1. The van der Waals surface area contributed by atoms with Gasteiger partial charge in [0.25, 0.3) is 0 Å². The number of aromatic nitrogens is 3. The molecule has 0 saturated carbocycles. The monoisotopic (exact) mass is 525 g/mol. The van der Waals surface area contributed by atoms with E-state index in [-0.39, 0.29) is 5.92 Å². The minimum absolute atomic E-state index is 0.145. The zero-order valence-electron chi connectivity index (χ0n) is 22.6. The second-order valence-electron chi connectivity index (χ2n) is 10.4. The van der Waals surface area contributed by atoms with Crippen LogP contribution >= 0.6 is 0 Å². The van der Waals surface area contributed by atoms with Crippen LogP contribution in [-0.2, 0) is 4.79 Å². The molecule has 39 heavy (non-hydrogen) atoms. The number of piperazine rings is 1. The molecule has 0 bridgehead atoms. The Labute approximate surface area is 229 Å². The van der Waals surface area contributed by atoms with Gasteiger partial charge in [0.2, 0.25) is 11.9 Å². The van der Waals surface area contributed by atoms with Crippen LogP contribution in [0.2, 0.25) is 0 Å². The molecule has 0 spiro atoms. The average molecular weight is 526 g/mol. The smallest absolute Gasteiger partial charge is 0.245 e. The molecule has 1 amide bonds. The van der Waals surface area contributed by atoms with E-state index >= 15 is 0 Å². The van der Waals surface area contributed by atoms with Crippen LogP contribution in [0, 0.1) is 5.92 Å². The lowest BCUT2D eigenvalue weighted by Crippen LogP contribution is -2.50. The standard InChI is InChI=1S/C30H35N7O2/c1-34-17-19-36(20-18-34)29(38)22-13-15-35(16-14-22)24-9-7-23(8-10-24)32-30-31-21-25-11-12-27(37(25)33-30)26-5-3-4-6-28(26)39-2/h3-12,21-22H,13-20H2,1-2H3,(H,32,33). The van der Waals surface area contributed by atoms with Crippen LogP contribution < -0.4 is 15.0 Å². The lowest BCUT2D eigenvalue weighted by atomic mass is 9.94. The number of ether oxygens (including phenoxy) is 1. The number of amides is 1. The van der Waals surface area contributed by atoms with Crippen molar-refractivity contribution in [2.24, 2.45) is 5.92 Å². The first-order valence-corrected chi connectivity index (χ1v) is 13.7. The predicted octanol–water partition coefficient (Wildman–Crippen LogP) is 4.14. The van der Waals surface area contributed by atoms with E-state index in [9.17, 15) is 4.79 Å². The van der Waals surface area contributed by atoms with Gasteiger partial charge in [0, 0.05) is 62.1 Å². The van der Waals surface area contributed by atoms with E-state index in [0.717, 1.165) is 80.3 Å². The Morgan fingerprint density at radius 2 is 1.67 bits per heavy atom. The van der Waals surface area contributed by atoms with Crippen molar-refractivity contribution in [3.8, 4) is 17.0 Å². The van der Waals surface area contributed by atoms with Gasteiger partial charge < -0.3 is 24.8 Å². The third-order valence-corrected chi connectivity index (χ3v) is 7.93. The Balaban J connectivity index is 1.10. The number of hydrogen-bond donors (Lipinski definition) is 1. The number of likely N-dealkylation sites (N-methyl/N-ethyl adjacent to an activating group) is 1. The van der Waals surface area contributed by atoms with E-state index in [2.05, 4.69) is 56.3 Å². The van der Waals surface area contributed by atoms with Crippen LogP contribution in [0.1, 0.15) is 12.8 Å². The van der Waals surface area contributed by atoms with Crippen molar-refractivity contribution in [1.82, 2.24) is 24.4 Å². The second-order valence-corrected chi connectivity index (χ2v) is 10.4. The van der Waals surface area contributed by atoms with Gasteiger partial charge in [-0.05, 0) is 68.4 Å². The molecule has 4 aromatic rings. The van der Waals surface area contributed by atoms with Gasteiger partial charge >= 0.3 is 0 Å². The molecule has 6 rings (SSSR count). The second kappa shape index (κ2) is 10.9. The highest BCUT2D eigenvalue weighted by atomic mass is 16.5. The molecule has 2 aliphatic heterocycles. The van der Waals surface area contributed by atoms with Gasteiger partial charge in [-0.1, -0.05) is 12.1 Å². The first kappa shape index (κ1) is 25.2. The molecule has 2 aliphatic rings. The molecule has 0 aliphatic carbocycles. The zero-order chi connectivity index (χ0) is 26.8. The van der Waals surface area contributed by atoms with Gasteiger partial charge in [0.05, 0.1) is 24.5 Å². The Morgan fingerprint density at radius 3 is 2.41 bits per heavy atom. The summed E-state index contributed by atoms with van der Waals surface area (Å²) < 4.78 is 7.44. The van der Waals surface area contributed by atoms with Crippen LogP contribution in [0.25, 0.3) is 16.8 Å². The van der Waals surface area contributed by atoms with Crippen molar-refractivity contribution in [2.45, 2.75) is 12.8 Å². The summed E-state index contributed by atoms with van der Waals surface area (Å²) in [6, 6.07) is 20.3. The summed E-state index contributed by atoms with van der Waals surface area (Å²) in [4.78, 5) is 24.2. The van der Waals surface area contributed by atoms with E-state index < -0.39 is 0 Å². The van der Waals surface area contributed by atoms with Gasteiger partial charge in [-0.2, -0.15) is 0 Å². The Morgan fingerprint density at radius 1 is 0.923 bits per heavy atom. The molecular formula is C30H35N7O2. The zero-order valence-corrected chi connectivity index (χ0v) is 22.6. The van der Waals surface area contributed by atoms with Crippen molar-refractivity contribution in [3.05, 3.63) is 66.9 Å². The number of benzene rings is 2. The minimum atomic E-state index is 0.145. The summed E-state index contributed by atoms with van der Waals surface area (Å²) in [6.45, 7) is 5.45. The summed E-state index contributed by atoms with van der Waals surface area (Å²) in [5.74, 6) is 1.81. The summed E-state index contributed by atoms with van der Waals surface area (Å²) in [5.41, 5.74) is 4.92. The van der Waals surface area contributed by atoms with Gasteiger partial charge in [0.1, 0.15) is 5.75 Å². The summed E-state index contributed by atoms with van der Waals surface area (Å²) in [7, 11) is 3.80. The van der Waals surface area contributed by atoms with E-state index in [4.69, 9.17) is 9.84 Å². The predicted molar refractivity (Wildman–Crippen MR) is 154 cm³/mol. The molecule has 4 heterocycles. The maximum absolute atomic E-state index is 13.0. The molecule has 2 saturated heterocycles. The number of carbonyl (C=O) groups is 1. The number of piperidine rings is 1. The van der Waals surface area contributed by atoms with E-state index in [1.807, 2.05) is 47.1 Å². The molecule has 2 aromatic heterocycles. The number of carbonyl (C=O) groups excluding carboxylic acids is 1. The van der Waals surface area contributed by atoms with E-state index in [1.54, 1.807) is 7.11 Å². The molecule has 0 radical (unpaired) electrons. The van der Waals surface area contributed by atoms with Crippen LogP contribution in [0.3, 0.4) is 0 Å². The van der Waals surface area contributed by atoms with Crippen molar-refractivity contribution in [1.29, 1.82) is 0 Å². The molecule has 0 atom stereocenters. The lowest BCUT2D eigenvalue weighted by Gasteiger charge is -2.38. The number of anilines is 3. The number of hydrogen-bond acceptors (Lipinski definition) is 7. The molecule has 9 heteroatoms. The SMILES string of the molecule is COc1ccccc1-c1ccc2cnc(Nc3ccc(N4CCC(C(=O)N5CCN(C)CC5)CC4)cc3)nn12. The molecule has 2 aromatic carbocycles. The normalized spacial score (nSPS) is 17.0. The fourth-order valence-corrected chi connectivity index (χ4v) is 5.57. The van der Waals surface area contributed by atoms with Gasteiger partial charge in [-0.25, -0.2) is 9.50 Å². The van der Waals surface area contributed by atoms with Gasteiger partial charge in [-0.15, -0.1) is 5.10 Å². The highest BCUT2D eigenvalue weighted by molar-refractivity contribution is 5.79. The Hall–Kier alpha value is -4.11. The lowest BCUT2D eigenvalue weighted by molar-refractivity contribution is -0.137. The quantitative estimate of drug-likeness (QED) is 0.405. The third-order valence-electron chi connectivity index (χ3n) is 7.93. The van der Waals surface area contributed by atoms with Crippen molar-refractivity contribution >= 4 is 28.7 Å². The highest BCUT2D eigenvalue weighted by Gasteiger charge is 2.30. The Bertz CT molecular complexity index is 1440. The fraction of sp³-hybridized carbons (Fsp3) is 0.367. The Kier molecular flexibility index (Phi) is 7.06. The number of nitrogens with one attached hydrogen (secondary N) is 1. The largest absolute Gasteiger partial charge is 0.496 e. The summed E-state index contributed by atoms with van der Waals surface area (Å²) in [5, 5.41) is 8.09. The van der Waals surface area contributed by atoms with Crippen LogP contribution in [0.4, 0.5) is 17.3 Å². The maximum Gasteiger partial charge on any atom is 0.245 e. The third kappa shape index (κ3) is 5.27. The summed E-state index contributed by atoms with van der Waals surface area (Å²) >= 11 is 0. The summed E-state index contributed by atoms with van der Waals surface area (Å²) in [6.07, 6.45) is 3.63. The van der Waals surface area contributed by atoms with Crippen molar-refractivity contribution in [2.75, 3.05) is 63.6 Å².